The molecule has 14 heavy (non-hydrogen) atoms. The van der Waals surface area contributed by atoms with Crippen LogP contribution in [0.3, 0.4) is 0 Å². The molecule has 0 bridgehead atoms. The highest BCUT2D eigenvalue weighted by Gasteiger charge is 2.04. The van der Waals surface area contributed by atoms with Gasteiger partial charge in [-0.15, -0.1) is 0 Å². The van der Waals surface area contributed by atoms with Crippen LogP contribution in [0, 0.1) is 0 Å². The molecule has 0 spiro atoms. The van der Waals surface area contributed by atoms with Crippen molar-refractivity contribution in [3.05, 3.63) is 36.6 Å². The molecule has 0 radical (unpaired) electrons. The number of hydrogen-bond acceptors (Lipinski definition) is 3. The Morgan fingerprint density at radius 3 is 2.79 bits per heavy atom. The molecule has 0 aromatic carbocycles. The van der Waals surface area contributed by atoms with E-state index >= 15 is 0 Å². The van der Waals surface area contributed by atoms with E-state index in [1.807, 2.05) is 12.1 Å². The largest absolute Gasteiger partial charge is 0.441 e. The minimum absolute atomic E-state index is 0.805. The summed E-state index contributed by atoms with van der Waals surface area (Å²) in [5, 5.41) is 0. The average Bonchev–Trinajstić information content (AvgIpc) is 2.68. The fourth-order valence-corrected chi connectivity index (χ4v) is 1.29. The fraction of sp³-hybridized carbons (Fsp3) is 0.273. The van der Waals surface area contributed by atoms with Gasteiger partial charge < -0.3 is 4.42 Å². The van der Waals surface area contributed by atoms with E-state index in [0.717, 1.165) is 30.1 Å². The predicted molar refractivity (Wildman–Crippen MR) is 53.7 cm³/mol. The minimum Gasteiger partial charge on any atom is -0.441 e. The minimum atomic E-state index is 0.805. The Morgan fingerprint density at radius 2 is 2.07 bits per heavy atom. The zero-order valence-corrected chi connectivity index (χ0v) is 8.10. The first-order valence-corrected chi connectivity index (χ1v) is 4.75. The van der Waals surface area contributed by atoms with E-state index in [1.54, 1.807) is 18.6 Å². The van der Waals surface area contributed by atoms with E-state index in [2.05, 4.69) is 16.9 Å². The lowest BCUT2D eigenvalue weighted by atomic mass is 10.2. The number of hydrogen-bond donors (Lipinski definition) is 0. The summed E-state index contributed by atoms with van der Waals surface area (Å²) in [5.74, 6) is 1.62. The van der Waals surface area contributed by atoms with Crippen molar-refractivity contribution >= 4 is 0 Å². The van der Waals surface area contributed by atoms with Gasteiger partial charge in [0.05, 0.1) is 6.20 Å². The maximum atomic E-state index is 5.57. The summed E-state index contributed by atoms with van der Waals surface area (Å²) in [6.07, 6.45) is 7.20. The molecule has 72 valence electrons. The molecule has 0 saturated heterocycles. The van der Waals surface area contributed by atoms with Crippen LogP contribution in [0.1, 0.15) is 19.2 Å². The van der Waals surface area contributed by atoms with Gasteiger partial charge in [0.2, 0.25) is 0 Å². The highest BCUT2D eigenvalue weighted by molar-refractivity contribution is 5.54. The topological polar surface area (TPSA) is 38.9 Å². The molecule has 0 atom stereocenters. The van der Waals surface area contributed by atoms with Crippen molar-refractivity contribution in [2.75, 3.05) is 0 Å². The molecular formula is C11H12N2O. The van der Waals surface area contributed by atoms with Crippen molar-refractivity contribution in [2.24, 2.45) is 0 Å². The third kappa shape index (κ3) is 1.82. The van der Waals surface area contributed by atoms with Crippen LogP contribution in [0.25, 0.3) is 11.3 Å². The molecule has 2 aromatic heterocycles. The number of aromatic nitrogens is 2. The van der Waals surface area contributed by atoms with E-state index in [-0.39, 0.29) is 0 Å². The molecule has 0 aliphatic rings. The Morgan fingerprint density at radius 1 is 1.29 bits per heavy atom. The van der Waals surface area contributed by atoms with Crippen molar-refractivity contribution in [3.63, 3.8) is 0 Å². The smallest absolute Gasteiger partial charge is 0.194 e. The van der Waals surface area contributed by atoms with E-state index in [9.17, 15) is 0 Å². The maximum Gasteiger partial charge on any atom is 0.194 e. The van der Waals surface area contributed by atoms with Crippen molar-refractivity contribution in [3.8, 4) is 11.3 Å². The van der Waals surface area contributed by atoms with Gasteiger partial charge in [-0.25, -0.2) is 4.98 Å². The van der Waals surface area contributed by atoms with Crippen LogP contribution < -0.4 is 0 Å². The molecule has 0 fully saturated rings. The average molecular weight is 188 g/mol. The van der Waals surface area contributed by atoms with Gasteiger partial charge >= 0.3 is 0 Å². The van der Waals surface area contributed by atoms with E-state index in [0.29, 0.717) is 0 Å². The molecule has 0 aliphatic heterocycles. The second kappa shape index (κ2) is 4.05. The zero-order chi connectivity index (χ0) is 9.80. The SMILES string of the molecule is CCCc1ncc(-c2ccncc2)o1. The fourth-order valence-electron chi connectivity index (χ4n) is 1.29. The van der Waals surface area contributed by atoms with Crippen molar-refractivity contribution in [1.29, 1.82) is 0 Å². The van der Waals surface area contributed by atoms with Crippen LogP contribution in [0.15, 0.2) is 35.1 Å². The lowest BCUT2D eigenvalue weighted by Gasteiger charge is -1.93. The Balaban J connectivity index is 2.25. The number of pyridine rings is 1. The van der Waals surface area contributed by atoms with Crippen molar-refractivity contribution in [1.82, 2.24) is 9.97 Å². The summed E-state index contributed by atoms with van der Waals surface area (Å²) in [5.41, 5.74) is 1.02. The number of oxazole rings is 1. The van der Waals surface area contributed by atoms with Gasteiger partial charge in [0.25, 0.3) is 0 Å². The van der Waals surface area contributed by atoms with Crippen LogP contribution in [-0.4, -0.2) is 9.97 Å². The molecular weight excluding hydrogens is 176 g/mol. The second-order valence-electron chi connectivity index (χ2n) is 3.10. The molecule has 2 aromatic rings. The quantitative estimate of drug-likeness (QED) is 0.743. The molecule has 0 aliphatic carbocycles. The van der Waals surface area contributed by atoms with Crippen molar-refractivity contribution in [2.45, 2.75) is 19.8 Å². The molecule has 0 N–H and O–H groups in total. The third-order valence-electron chi connectivity index (χ3n) is 1.98. The van der Waals surface area contributed by atoms with Crippen LogP contribution in [-0.2, 0) is 6.42 Å². The number of aryl methyl sites for hydroxylation is 1. The summed E-state index contributed by atoms with van der Waals surface area (Å²) < 4.78 is 5.57. The molecule has 3 heteroatoms. The van der Waals surface area contributed by atoms with Crippen LogP contribution >= 0.6 is 0 Å². The maximum absolute atomic E-state index is 5.57. The molecule has 0 saturated carbocycles. The number of rotatable bonds is 3. The number of nitrogens with zero attached hydrogens (tertiary/aromatic N) is 2. The molecule has 0 amide bonds. The molecule has 3 nitrogen and oxygen atoms in total. The van der Waals surface area contributed by atoms with E-state index in [1.165, 1.54) is 0 Å². The van der Waals surface area contributed by atoms with Crippen LogP contribution in [0.2, 0.25) is 0 Å². The summed E-state index contributed by atoms with van der Waals surface area (Å²) in [4.78, 5) is 8.15. The highest BCUT2D eigenvalue weighted by Crippen LogP contribution is 2.19. The normalized spacial score (nSPS) is 10.4. The highest BCUT2D eigenvalue weighted by atomic mass is 16.4. The summed E-state index contributed by atoms with van der Waals surface area (Å²) in [6.45, 7) is 2.11. The summed E-state index contributed by atoms with van der Waals surface area (Å²) >= 11 is 0. The second-order valence-corrected chi connectivity index (χ2v) is 3.10. The molecule has 2 rings (SSSR count). The first-order chi connectivity index (χ1) is 6.90. The predicted octanol–water partition coefficient (Wildman–Crippen LogP) is 2.69. The first kappa shape index (κ1) is 8.94. The Bertz CT molecular complexity index is 395. The third-order valence-corrected chi connectivity index (χ3v) is 1.98. The van der Waals surface area contributed by atoms with Gasteiger partial charge in [0.1, 0.15) is 0 Å². The zero-order valence-electron chi connectivity index (χ0n) is 8.10. The molecule has 2 heterocycles. The van der Waals surface area contributed by atoms with Gasteiger partial charge in [-0.1, -0.05) is 6.92 Å². The van der Waals surface area contributed by atoms with Crippen LogP contribution in [0.4, 0.5) is 0 Å². The summed E-state index contributed by atoms with van der Waals surface area (Å²) in [6, 6.07) is 3.83. The van der Waals surface area contributed by atoms with E-state index in [4.69, 9.17) is 4.42 Å². The van der Waals surface area contributed by atoms with Gasteiger partial charge in [-0.3, -0.25) is 4.98 Å². The summed E-state index contributed by atoms with van der Waals surface area (Å²) in [7, 11) is 0. The van der Waals surface area contributed by atoms with Gasteiger partial charge in [-0.2, -0.15) is 0 Å². The first-order valence-electron chi connectivity index (χ1n) is 4.75. The Labute approximate surface area is 82.8 Å². The van der Waals surface area contributed by atoms with Gasteiger partial charge in [0.15, 0.2) is 11.7 Å². The lowest BCUT2D eigenvalue weighted by molar-refractivity contribution is 0.503. The Kier molecular flexibility index (Phi) is 2.58. The van der Waals surface area contributed by atoms with Crippen molar-refractivity contribution < 1.29 is 4.42 Å². The Hall–Kier alpha value is -1.64. The van der Waals surface area contributed by atoms with Gasteiger partial charge in [-0.05, 0) is 18.6 Å². The van der Waals surface area contributed by atoms with E-state index < -0.39 is 0 Å². The monoisotopic (exact) mass is 188 g/mol. The van der Waals surface area contributed by atoms with Gasteiger partial charge in [0, 0.05) is 24.4 Å². The van der Waals surface area contributed by atoms with Crippen LogP contribution in [0.5, 0.6) is 0 Å². The standard InChI is InChI=1S/C11H12N2O/c1-2-3-11-13-8-10(14-11)9-4-6-12-7-5-9/h4-8H,2-3H2,1H3. The molecule has 0 unspecified atom stereocenters. The lowest BCUT2D eigenvalue weighted by Crippen LogP contribution is -1.79.